The molecule has 2 aromatic carbocycles. The van der Waals surface area contributed by atoms with Crippen molar-refractivity contribution in [2.75, 3.05) is 6.61 Å². The fourth-order valence-corrected chi connectivity index (χ4v) is 11.8. The molecule has 3 atom stereocenters. The average molecular weight is 491 g/mol. The zero-order valence-electron chi connectivity index (χ0n) is 22.4. The van der Waals surface area contributed by atoms with Crippen LogP contribution in [0.4, 0.5) is 0 Å². The van der Waals surface area contributed by atoms with Crippen LogP contribution in [0, 0.1) is 17.3 Å². The van der Waals surface area contributed by atoms with Crippen LogP contribution in [-0.2, 0) is 4.43 Å². The topological polar surface area (TPSA) is 29.5 Å². The molecule has 2 aliphatic rings. The summed E-state index contributed by atoms with van der Waals surface area (Å²) in [4.78, 5) is 0. The molecule has 1 N–H and O–H groups in total. The lowest BCUT2D eigenvalue weighted by atomic mass is 9.61. The van der Waals surface area contributed by atoms with Crippen LogP contribution in [0.25, 0.3) is 0 Å². The van der Waals surface area contributed by atoms with E-state index in [1.807, 2.05) is 0 Å². The Labute approximate surface area is 214 Å². The lowest BCUT2D eigenvalue weighted by molar-refractivity contribution is -0.0389. The minimum Gasteiger partial charge on any atom is -0.407 e. The number of aliphatic hydroxyl groups is 1. The number of benzene rings is 2. The third-order valence-electron chi connectivity index (χ3n) is 8.95. The molecule has 0 heterocycles. The molecule has 0 amide bonds. The van der Waals surface area contributed by atoms with Crippen LogP contribution < -0.4 is 10.4 Å². The van der Waals surface area contributed by atoms with E-state index in [0.29, 0.717) is 12.5 Å². The van der Waals surface area contributed by atoms with Crippen LogP contribution >= 0.6 is 0 Å². The minimum absolute atomic E-state index is 0.0464. The number of rotatable bonds is 7. The molecule has 2 fully saturated rings. The van der Waals surface area contributed by atoms with Gasteiger partial charge in [0.1, 0.15) is 0 Å². The van der Waals surface area contributed by atoms with Gasteiger partial charge in [0, 0.05) is 12.5 Å². The zero-order chi connectivity index (χ0) is 25.1. The van der Waals surface area contributed by atoms with Gasteiger partial charge >= 0.3 is 0 Å². The first kappa shape index (κ1) is 26.4. The molecule has 0 aliphatic heterocycles. The number of hydrogen-bond donors (Lipinski definition) is 1. The van der Waals surface area contributed by atoms with Crippen LogP contribution in [-0.4, -0.2) is 26.1 Å². The van der Waals surface area contributed by atoms with Crippen LogP contribution in [0.5, 0.6) is 0 Å². The van der Waals surface area contributed by atoms with E-state index in [2.05, 4.69) is 94.9 Å². The summed E-state index contributed by atoms with van der Waals surface area (Å²) in [5.74, 6) is 0.508. The third-order valence-corrected chi connectivity index (χ3v) is 13.9. The molecule has 0 radical (unpaired) electrons. The van der Waals surface area contributed by atoms with Gasteiger partial charge < -0.3 is 9.53 Å². The van der Waals surface area contributed by atoms with Crippen molar-refractivity contribution in [3.8, 4) is 0 Å². The second-order valence-electron chi connectivity index (χ2n) is 12.5. The van der Waals surface area contributed by atoms with Gasteiger partial charge in [-0.15, -0.1) is 0 Å². The van der Waals surface area contributed by atoms with Gasteiger partial charge in [0.2, 0.25) is 0 Å². The van der Waals surface area contributed by atoms with Gasteiger partial charge in [-0.3, -0.25) is 0 Å². The molecule has 2 aliphatic carbocycles. The van der Waals surface area contributed by atoms with Gasteiger partial charge in [-0.25, -0.2) is 0 Å². The molecule has 0 spiro atoms. The van der Waals surface area contributed by atoms with E-state index in [-0.39, 0.29) is 22.5 Å². The highest BCUT2D eigenvalue weighted by Gasteiger charge is 2.53. The maximum Gasteiger partial charge on any atom is 0.261 e. The predicted molar refractivity (Wildman–Crippen MR) is 151 cm³/mol. The van der Waals surface area contributed by atoms with Crippen molar-refractivity contribution in [2.24, 2.45) is 17.3 Å². The minimum atomic E-state index is -2.62. The van der Waals surface area contributed by atoms with Gasteiger partial charge in [0.05, 0.1) is 6.10 Å². The quantitative estimate of drug-likeness (QED) is 0.339. The Morgan fingerprint density at radius 2 is 1.49 bits per heavy atom. The molecule has 190 valence electrons. The van der Waals surface area contributed by atoms with E-state index < -0.39 is 8.32 Å². The Kier molecular flexibility index (Phi) is 8.10. The van der Waals surface area contributed by atoms with Crippen LogP contribution in [0.1, 0.15) is 79.1 Å². The molecule has 0 unspecified atom stereocenters. The molecule has 0 bridgehead atoms. The second kappa shape index (κ2) is 10.7. The van der Waals surface area contributed by atoms with Crippen molar-refractivity contribution in [2.45, 2.75) is 90.2 Å². The van der Waals surface area contributed by atoms with Crippen molar-refractivity contribution in [1.29, 1.82) is 0 Å². The van der Waals surface area contributed by atoms with E-state index in [4.69, 9.17) is 4.43 Å². The standard InChI is InChI=1S/C32H46O2Si/c1-25-16-15-23-32(5,29(25)30(33)26-17-9-6-10-18-26)24-34-35(31(2,3)4,27-19-11-7-12-20-27)28-21-13-8-14-22-28/h7-8,11-14,19-22,26,29-30,33H,1,6,9-10,15-18,23-24H2,2-5H3/t29-,30+,32-/m0/s1. The van der Waals surface area contributed by atoms with Crippen molar-refractivity contribution in [1.82, 2.24) is 0 Å². The summed E-state index contributed by atoms with van der Waals surface area (Å²) >= 11 is 0. The highest BCUT2D eigenvalue weighted by atomic mass is 28.4. The molecule has 3 heteroatoms. The Bertz CT molecular complexity index is 919. The van der Waals surface area contributed by atoms with Crippen LogP contribution in [0.3, 0.4) is 0 Å². The molecule has 2 nitrogen and oxygen atoms in total. The van der Waals surface area contributed by atoms with Gasteiger partial charge in [0.15, 0.2) is 0 Å². The largest absolute Gasteiger partial charge is 0.407 e. The summed E-state index contributed by atoms with van der Waals surface area (Å²) < 4.78 is 7.41. The fourth-order valence-electron chi connectivity index (χ4n) is 7.12. The maximum absolute atomic E-state index is 11.7. The molecule has 2 saturated carbocycles. The first-order valence-electron chi connectivity index (χ1n) is 13.8. The summed E-state index contributed by atoms with van der Waals surface area (Å²) in [7, 11) is -2.62. The number of hydrogen-bond acceptors (Lipinski definition) is 2. The molecule has 0 saturated heterocycles. The lowest BCUT2D eigenvalue weighted by Crippen LogP contribution is -2.67. The normalized spacial score (nSPS) is 25.4. The van der Waals surface area contributed by atoms with Crippen LogP contribution in [0.15, 0.2) is 72.8 Å². The molecular formula is C32H46O2Si. The average Bonchev–Trinajstić information content (AvgIpc) is 2.85. The van der Waals surface area contributed by atoms with E-state index in [9.17, 15) is 5.11 Å². The molecule has 4 rings (SSSR count). The Hall–Kier alpha value is -1.68. The van der Waals surface area contributed by atoms with Gasteiger partial charge in [-0.05, 0) is 58.8 Å². The number of aliphatic hydroxyl groups excluding tert-OH is 1. The van der Waals surface area contributed by atoms with Gasteiger partial charge in [0.25, 0.3) is 8.32 Å². The monoisotopic (exact) mass is 490 g/mol. The molecule has 2 aromatic rings. The molecular weight excluding hydrogens is 444 g/mol. The Balaban J connectivity index is 1.72. The highest BCUT2D eigenvalue weighted by molar-refractivity contribution is 6.99. The summed E-state index contributed by atoms with van der Waals surface area (Å²) in [6.45, 7) is 14.6. The Morgan fingerprint density at radius 1 is 0.943 bits per heavy atom. The van der Waals surface area contributed by atoms with Crippen molar-refractivity contribution in [3.63, 3.8) is 0 Å². The van der Waals surface area contributed by atoms with Crippen molar-refractivity contribution in [3.05, 3.63) is 72.8 Å². The summed E-state index contributed by atoms with van der Waals surface area (Å²) in [6, 6.07) is 21.8. The fraction of sp³-hybridized carbons (Fsp3) is 0.562. The van der Waals surface area contributed by atoms with Crippen molar-refractivity contribution >= 4 is 18.7 Å². The highest BCUT2D eigenvalue weighted by Crippen LogP contribution is 2.49. The molecule has 35 heavy (non-hydrogen) atoms. The van der Waals surface area contributed by atoms with E-state index in [1.165, 1.54) is 35.2 Å². The third kappa shape index (κ3) is 5.24. The summed E-state index contributed by atoms with van der Waals surface area (Å²) in [6.07, 6.45) is 9.04. The van der Waals surface area contributed by atoms with Gasteiger partial charge in [-0.1, -0.05) is 120 Å². The lowest BCUT2D eigenvalue weighted by Gasteiger charge is -2.50. The van der Waals surface area contributed by atoms with E-state index >= 15 is 0 Å². The second-order valence-corrected chi connectivity index (χ2v) is 16.8. The SMILES string of the molecule is C=C1CCC[C@@](C)(CO[Si](c2ccccc2)(c2ccccc2)C(C)(C)C)[C@@H]1[C@H](O)C1CCCCC1. The zero-order valence-corrected chi connectivity index (χ0v) is 23.4. The van der Waals surface area contributed by atoms with Gasteiger partial charge in [-0.2, -0.15) is 0 Å². The van der Waals surface area contributed by atoms with E-state index in [1.54, 1.807) is 0 Å². The van der Waals surface area contributed by atoms with E-state index in [0.717, 1.165) is 32.1 Å². The first-order valence-corrected chi connectivity index (χ1v) is 15.7. The molecule has 0 aromatic heterocycles. The van der Waals surface area contributed by atoms with Crippen molar-refractivity contribution < 1.29 is 9.53 Å². The first-order chi connectivity index (χ1) is 16.7. The Morgan fingerprint density at radius 3 is 2.00 bits per heavy atom. The van der Waals surface area contributed by atoms with Crippen LogP contribution in [0.2, 0.25) is 5.04 Å². The summed E-state index contributed by atoms with van der Waals surface area (Å²) in [5, 5.41) is 14.3. The summed E-state index contributed by atoms with van der Waals surface area (Å²) in [5.41, 5.74) is 1.13. The smallest absolute Gasteiger partial charge is 0.261 e. The predicted octanol–water partition coefficient (Wildman–Crippen LogP) is 6.87. The maximum atomic E-state index is 11.7.